The fraction of sp³-hybridized carbons (Fsp3) is 0.308. The summed E-state index contributed by atoms with van der Waals surface area (Å²) in [6, 6.07) is 3.44. The molecule has 8 nitrogen and oxygen atoms in total. The molecule has 1 aromatic heterocycles. The number of halogens is 3. The second kappa shape index (κ2) is 7.45. The van der Waals surface area contributed by atoms with E-state index in [-0.39, 0.29) is 28.8 Å². The molecule has 13 heteroatoms. The maximum absolute atomic E-state index is 12.5. The molecule has 26 heavy (non-hydrogen) atoms. The Morgan fingerprint density at radius 3 is 2.46 bits per heavy atom. The van der Waals surface area contributed by atoms with E-state index in [1.165, 1.54) is 12.1 Å². The van der Waals surface area contributed by atoms with Crippen LogP contribution in [0, 0.1) is 10.1 Å². The highest BCUT2D eigenvalue weighted by Crippen LogP contribution is 2.35. The first-order valence-electron chi connectivity index (χ1n) is 6.98. The van der Waals surface area contributed by atoms with E-state index in [4.69, 9.17) is 0 Å². The van der Waals surface area contributed by atoms with Gasteiger partial charge in [-0.05, 0) is 12.1 Å². The van der Waals surface area contributed by atoms with E-state index in [0.717, 1.165) is 18.5 Å². The second-order valence-corrected chi connectivity index (χ2v) is 8.14. The van der Waals surface area contributed by atoms with Crippen LogP contribution in [0.3, 0.4) is 0 Å². The van der Waals surface area contributed by atoms with E-state index >= 15 is 0 Å². The van der Waals surface area contributed by atoms with Crippen molar-refractivity contribution in [1.29, 1.82) is 0 Å². The molecule has 0 amide bonds. The number of hydrogen-bond donors (Lipinski definition) is 2. The molecule has 0 radical (unpaired) electrons. The summed E-state index contributed by atoms with van der Waals surface area (Å²) in [4.78, 5) is 12.9. The molecular weight excluding hydrogens is 397 g/mol. The molecule has 0 aliphatic heterocycles. The van der Waals surface area contributed by atoms with Gasteiger partial charge in [0.05, 0.1) is 16.0 Å². The van der Waals surface area contributed by atoms with Crippen molar-refractivity contribution in [2.75, 3.05) is 30.0 Å². The van der Waals surface area contributed by atoms with Gasteiger partial charge in [-0.3, -0.25) is 10.1 Å². The third kappa shape index (κ3) is 5.05. The number of rotatable bonds is 7. The van der Waals surface area contributed by atoms with Gasteiger partial charge in [0, 0.05) is 25.4 Å². The Labute approximate surface area is 150 Å². The summed E-state index contributed by atoms with van der Waals surface area (Å²) in [7, 11) is -3.59. The molecule has 0 aliphatic carbocycles. The van der Waals surface area contributed by atoms with E-state index in [1.807, 2.05) is 0 Å². The monoisotopic (exact) mass is 410 g/mol. The van der Waals surface area contributed by atoms with Crippen LogP contribution in [0.1, 0.15) is 4.88 Å². The van der Waals surface area contributed by atoms with Gasteiger partial charge < -0.3 is 10.6 Å². The van der Waals surface area contributed by atoms with Crippen molar-refractivity contribution in [1.82, 2.24) is 4.98 Å². The van der Waals surface area contributed by atoms with Gasteiger partial charge in [-0.25, -0.2) is 13.4 Å². The van der Waals surface area contributed by atoms with Gasteiger partial charge in [-0.1, -0.05) is 11.3 Å². The molecule has 0 aliphatic rings. The predicted molar refractivity (Wildman–Crippen MR) is 90.3 cm³/mol. The Hall–Kier alpha value is -2.41. The molecule has 142 valence electrons. The zero-order valence-corrected chi connectivity index (χ0v) is 14.8. The molecule has 2 N–H and O–H groups in total. The number of anilines is 2. The molecule has 2 aromatic rings. The number of hydrogen-bond acceptors (Lipinski definition) is 8. The summed E-state index contributed by atoms with van der Waals surface area (Å²) in [5.41, 5.74) is -0.319. The number of nitrogens with zero attached hydrogens (tertiary/aromatic N) is 2. The number of alkyl halides is 3. The number of nitro benzene ring substituents is 1. The largest absolute Gasteiger partial charge is 0.427 e. The zero-order chi connectivity index (χ0) is 19.5. The lowest BCUT2D eigenvalue weighted by Gasteiger charge is -2.09. The normalized spacial score (nSPS) is 12.0. The van der Waals surface area contributed by atoms with Crippen molar-refractivity contribution in [3.8, 4) is 0 Å². The lowest BCUT2D eigenvalue weighted by molar-refractivity contribution is -0.384. The summed E-state index contributed by atoms with van der Waals surface area (Å²) in [5.74, 6) is 0. The van der Waals surface area contributed by atoms with Crippen LogP contribution < -0.4 is 10.6 Å². The van der Waals surface area contributed by atoms with E-state index in [1.54, 1.807) is 0 Å². The SMILES string of the molecule is CS(=O)(=O)c1ccc(NCCNc2ncc(C(F)(F)F)s2)c([N+](=O)[O-])c1. The van der Waals surface area contributed by atoms with Crippen molar-refractivity contribution >= 4 is 37.7 Å². The Morgan fingerprint density at radius 2 is 1.92 bits per heavy atom. The Balaban J connectivity index is 1.99. The van der Waals surface area contributed by atoms with Crippen molar-refractivity contribution in [2.24, 2.45) is 0 Å². The van der Waals surface area contributed by atoms with Crippen LogP contribution in [-0.2, 0) is 16.0 Å². The molecule has 0 atom stereocenters. The molecule has 0 bridgehead atoms. The molecule has 0 unspecified atom stereocenters. The standard InChI is InChI=1S/C13H13F3N4O4S2/c1-26(23,24)8-2-3-9(10(6-8)20(21)22)17-4-5-18-12-19-7-11(25-12)13(14,15)16/h2-3,6-7,17H,4-5H2,1H3,(H,18,19). The molecule has 1 heterocycles. The first kappa shape index (κ1) is 19.9. The van der Waals surface area contributed by atoms with Gasteiger partial charge >= 0.3 is 6.18 Å². The number of nitro groups is 1. The van der Waals surface area contributed by atoms with Crippen LogP contribution in [0.5, 0.6) is 0 Å². The average Bonchev–Trinajstić information content (AvgIpc) is 2.99. The fourth-order valence-corrected chi connectivity index (χ4v) is 3.25. The molecule has 2 rings (SSSR count). The predicted octanol–water partition coefficient (Wildman–Crippen LogP) is 3.00. The smallest absolute Gasteiger partial charge is 0.378 e. The lowest BCUT2D eigenvalue weighted by Crippen LogP contribution is -2.14. The van der Waals surface area contributed by atoms with Crippen LogP contribution in [-0.4, -0.2) is 37.7 Å². The van der Waals surface area contributed by atoms with Crippen LogP contribution in [0.25, 0.3) is 0 Å². The third-order valence-electron chi connectivity index (χ3n) is 3.10. The summed E-state index contributed by atoms with van der Waals surface area (Å²) in [6.45, 7) is 0.287. The first-order valence-corrected chi connectivity index (χ1v) is 9.68. The van der Waals surface area contributed by atoms with E-state index < -0.39 is 31.5 Å². The van der Waals surface area contributed by atoms with Crippen molar-refractivity contribution in [3.05, 3.63) is 39.4 Å². The van der Waals surface area contributed by atoms with Gasteiger partial charge in [0.15, 0.2) is 15.0 Å². The number of sulfone groups is 1. The minimum atomic E-state index is -4.46. The Bertz CT molecular complexity index is 912. The van der Waals surface area contributed by atoms with Crippen molar-refractivity contribution < 1.29 is 26.5 Å². The molecular formula is C13H13F3N4O4S2. The molecule has 0 fully saturated rings. The van der Waals surface area contributed by atoms with E-state index in [2.05, 4.69) is 15.6 Å². The number of thiazole rings is 1. The maximum Gasteiger partial charge on any atom is 0.427 e. The quantitative estimate of drug-likeness (QED) is 0.410. The fourth-order valence-electron chi connectivity index (χ4n) is 1.90. The highest BCUT2D eigenvalue weighted by molar-refractivity contribution is 7.90. The Kier molecular flexibility index (Phi) is 5.71. The zero-order valence-electron chi connectivity index (χ0n) is 13.2. The lowest BCUT2D eigenvalue weighted by atomic mass is 10.2. The summed E-state index contributed by atoms with van der Waals surface area (Å²) >= 11 is 0.449. The summed E-state index contributed by atoms with van der Waals surface area (Å²) in [5, 5.41) is 16.6. The molecule has 0 spiro atoms. The minimum absolute atomic E-state index is 0.0704. The topological polar surface area (TPSA) is 114 Å². The van der Waals surface area contributed by atoms with Crippen LogP contribution >= 0.6 is 11.3 Å². The van der Waals surface area contributed by atoms with Gasteiger partial charge in [0.25, 0.3) is 5.69 Å². The highest BCUT2D eigenvalue weighted by atomic mass is 32.2. The van der Waals surface area contributed by atoms with Crippen molar-refractivity contribution in [2.45, 2.75) is 11.1 Å². The van der Waals surface area contributed by atoms with E-state index in [0.29, 0.717) is 11.3 Å². The third-order valence-corrected chi connectivity index (χ3v) is 5.21. The van der Waals surface area contributed by atoms with Gasteiger partial charge in [-0.15, -0.1) is 0 Å². The first-order chi connectivity index (χ1) is 12.0. The van der Waals surface area contributed by atoms with Crippen LogP contribution in [0.4, 0.5) is 29.7 Å². The highest BCUT2D eigenvalue weighted by Gasteiger charge is 2.33. The maximum atomic E-state index is 12.5. The van der Waals surface area contributed by atoms with Crippen molar-refractivity contribution in [3.63, 3.8) is 0 Å². The average molecular weight is 410 g/mol. The number of benzene rings is 1. The van der Waals surface area contributed by atoms with Crippen LogP contribution in [0.15, 0.2) is 29.3 Å². The number of nitrogens with one attached hydrogen (secondary N) is 2. The minimum Gasteiger partial charge on any atom is -0.378 e. The van der Waals surface area contributed by atoms with E-state index in [9.17, 15) is 31.7 Å². The van der Waals surface area contributed by atoms with Gasteiger partial charge in [0.1, 0.15) is 10.6 Å². The molecule has 1 aromatic carbocycles. The molecule has 0 saturated heterocycles. The summed E-state index contributed by atoms with van der Waals surface area (Å²) in [6.07, 6.45) is -2.81. The molecule has 0 saturated carbocycles. The Morgan fingerprint density at radius 1 is 1.27 bits per heavy atom. The van der Waals surface area contributed by atoms with Gasteiger partial charge in [0.2, 0.25) is 0 Å². The van der Waals surface area contributed by atoms with Gasteiger partial charge in [-0.2, -0.15) is 13.2 Å². The number of aromatic nitrogens is 1. The second-order valence-electron chi connectivity index (χ2n) is 5.09. The summed E-state index contributed by atoms with van der Waals surface area (Å²) < 4.78 is 60.4. The van der Waals surface area contributed by atoms with Crippen LogP contribution in [0.2, 0.25) is 0 Å².